The maximum absolute atomic E-state index is 12.8. The zero-order chi connectivity index (χ0) is 47.1. The number of ether oxygens (including phenoxy) is 2. The van der Waals surface area contributed by atoms with Crippen molar-refractivity contribution in [3.05, 3.63) is 12.2 Å². The van der Waals surface area contributed by atoms with Crippen LogP contribution in [-0.4, -0.2) is 74.9 Å². The number of phosphoric acid groups is 1. The van der Waals surface area contributed by atoms with Gasteiger partial charge in [-0.05, 0) is 38.5 Å². The van der Waals surface area contributed by atoms with Gasteiger partial charge < -0.3 is 18.9 Å². The number of rotatable bonds is 51. The number of phosphoric ester groups is 1. The topological polar surface area (TPSA) is 108 Å². The summed E-state index contributed by atoms with van der Waals surface area (Å²) >= 11 is 0. The van der Waals surface area contributed by atoms with Gasteiger partial charge in [0.15, 0.2) is 6.10 Å². The second-order valence-electron chi connectivity index (χ2n) is 20.0. The third-order valence-electron chi connectivity index (χ3n) is 12.3. The first kappa shape index (κ1) is 62.8. The summed E-state index contributed by atoms with van der Waals surface area (Å²) in [5.74, 6) is -0.786. The van der Waals surface area contributed by atoms with E-state index in [2.05, 4.69) is 26.0 Å². The van der Waals surface area contributed by atoms with Crippen molar-refractivity contribution in [1.82, 2.24) is 0 Å². The molecule has 0 aliphatic rings. The van der Waals surface area contributed by atoms with Crippen molar-refractivity contribution in [2.45, 2.75) is 277 Å². The maximum atomic E-state index is 12.8. The van der Waals surface area contributed by atoms with Gasteiger partial charge in [-0.2, -0.15) is 0 Å². The fourth-order valence-corrected chi connectivity index (χ4v) is 8.75. The van der Waals surface area contributed by atoms with Crippen LogP contribution in [-0.2, 0) is 32.7 Å². The highest BCUT2D eigenvalue weighted by molar-refractivity contribution is 7.47. The molecule has 0 aromatic rings. The SMILES string of the molecule is CCCCCCCC/C=C/CCCCCCCCCC(=O)O[C@@H](COC(=O)CCCCCCCCCCCCCCCCCCCCCCCCC)COP(=O)(O)OCC[N+](C)(C)C. The van der Waals surface area contributed by atoms with Gasteiger partial charge in [-0.15, -0.1) is 0 Å². The molecule has 1 unspecified atom stereocenters. The van der Waals surface area contributed by atoms with Crippen LogP contribution in [0.1, 0.15) is 271 Å². The van der Waals surface area contributed by atoms with E-state index in [0.29, 0.717) is 23.9 Å². The Morgan fingerprint density at radius 1 is 0.469 bits per heavy atom. The van der Waals surface area contributed by atoms with E-state index in [9.17, 15) is 19.0 Å². The Balaban J connectivity index is 4.15. The summed E-state index contributed by atoms with van der Waals surface area (Å²) in [6, 6.07) is 0. The fraction of sp³-hybridized carbons (Fsp3) is 0.926. The number of carbonyl (C=O) groups is 2. The molecule has 0 aromatic carbocycles. The molecule has 0 spiro atoms. The molecule has 64 heavy (non-hydrogen) atoms. The minimum Gasteiger partial charge on any atom is -0.462 e. The van der Waals surface area contributed by atoms with E-state index in [4.69, 9.17) is 18.5 Å². The van der Waals surface area contributed by atoms with Gasteiger partial charge in [0.05, 0.1) is 27.7 Å². The third kappa shape index (κ3) is 50.2. The molecule has 9 nitrogen and oxygen atoms in total. The minimum atomic E-state index is -4.38. The lowest BCUT2D eigenvalue weighted by Gasteiger charge is -2.24. The highest BCUT2D eigenvalue weighted by Crippen LogP contribution is 2.43. The van der Waals surface area contributed by atoms with E-state index in [1.54, 1.807) is 0 Å². The third-order valence-corrected chi connectivity index (χ3v) is 13.3. The smallest absolute Gasteiger partial charge is 0.462 e. The number of nitrogens with zero attached hydrogens (tertiary/aromatic N) is 1. The van der Waals surface area contributed by atoms with Crippen molar-refractivity contribution in [3.8, 4) is 0 Å². The largest absolute Gasteiger partial charge is 0.472 e. The summed E-state index contributed by atoms with van der Waals surface area (Å²) in [6.45, 7) is 4.47. The average molecular weight is 929 g/mol. The number of carbonyl (C=O) groups excluding carboxylic acids is 2. The number of esters is 2. The second kappa shape index (κ2) is 46.8. The predicted octanol–water partition coefficient (Wildman–Crippen LogP) is 16.5. The first-order valence-electron chi connectivity index (χ1n) is 27.4. The molecule has 0 amide bonds. The Hall–Kier alpha value is -1.25. The molecule has 2 atom stereocenters. The Bertz CT molecular complexity index is 1100. The number of unbranched alkanes of at least 4 members (excludes halogenated alkanes) is 35. The highest BCUT2D eigenvalue weighted by atomic mass is 31.2. The molecule has 0 bridgehead atoms. The van der Waals surface area contributed by atoms with Crippen LogP contribution >= 0.6 is 7.82 Å². The van der Waals surface area contributed by atoms with Gasteiger partial charge in [-0.3, -0.25) is 18.6 Å². The van der Waals surface area contributed by atoms with Crippen molar-refractivity contribution in [1.29, 1.82) is 0 Å². The van der Waals surface area contributed by atoms with Gasteiger partial charge in [0.1, 0.15) is 19.8 Å². The van der Waals surface area contributed by atoms with Crippen LogP contribution in [0.2, 0.25) is 0 Å². The van der Waals surface area contributed by atoms with Crippen LogP contribution in [0.15, 0.2) is 12.2 Å². The quantitative estimate of drug-likeness (QED) is 0.0211. The molecular formula is C54H107NO8P+. The van der Waals surface area contributed by atoms with Crippen LogP contribution in [0.25, 0.3) is 0 Å². The molecule has 0 aliphatic heterocycles. The van der Waals surface area contributed by atoms with Crippen LogP contribution in [0.4, 0.5) is 0 Å². The summed E-state index contributed by atoms with van der Waals surface area (Å²) in [6.07, 6.45) is 52.7. The van der Waals surface area contributed by atoms with Crippen LogP contribution in [0.5, 0.6) is 0 Å². The number of hydrogen-bond donors (Lipinski definition) is 1. The first-order valence-corrected chi connectivity index (χ1v) is 28.9. The van der Waals surface area contributed by atoms with Crippen molar-refractivity contribution in [2.24, 2.45) is 0 Å². The number of allylic oxidation sites excluding steroid dienone is 2. The molecule has 0 rings (SSSR count). The number of quaternary nitrogens is 1. The zero-order valence-electron chi connectivity index (χ0n) is 43.0. The first-order chi connectivity index (χ1) is 31.0. The fourth-order valence-electron chi connectivity index (χ4n) is 8.01. The van der Waals surface area contributed by atoms with Gasteiger partial charge in [-0.1, -0.05) is 231 Å². The molecule has 0 radical (unpaired) electrons. The molecule has 0 aromatic heterocycles. The molecule has 0 saturated heterocycles. The summed E-state index contributed by atoms with van der Waals surface area (Å²) in [7, 11) is 1.49. The monoisotopic (exact) mass is 929 g/mol. The summed E-state index contributed by atoms with van der Waals surface area (Å²) in [4.78, 5) is 35.6. The van der Waals surface area contributed by atoms with E-state index in [1.165, 1.54) is 193 Å². The van der Waals surface area contributed by atoms with Gasteiger partial charge in [0.2, 0.25) is 0 Å². The van der Waals surface area contributed by atoms with Gasteiger partial charge in [0.25, 0.3) is 0 Å². The minimum absolute atomic E-state index is 0.0344. The molecule has 0 fully saturated rings. The molecular weight excluding hydrogens is 822 g/mol. The Morgan fingerprint density at radius 3 is 1.16 bits per heavy atom. The van der Waals surface area contributed by atoms with E-state index < -0.39 is 26.5 Å². The molecule has 0 saturated carbocycles. The normalized spacial score (nSPS) is 13.4. The van der Waals surface area contributed by atoms with Crippen LogP contribution in [0, 0.1) is 0 Å². The molecule has 380 valence electrons. The molecule has 0 aliphatic carbocycles. The van der Waals surface area contributed by atoms with Gasteiger partial charge in [0, 0.05) is 12.8 Å². The lowest BCUT2D eigenvalue weighted by molar-refractivity contribution is -0.870. The average Bonchev–Trinajstić information content (AvgIpc) is 3.25. The van der Waals surface area contributed by atoms with Gasteiger partial charge in [-0.25, -0.2) is 4.57 Å². The lowest BCUT2D eigenvalue weighted by Crippen LogP contribution is -2.37. The van der Waals surface area contributed by atoms with Crippen molar-refractivity contribution in [2.75, 3.05) is 47.5 Å². The molecule has 0 heterocycles. The van der Waals surface area contributed by atoms with Crippen molar-refractivity contribution in [3.63, 3.8) is 0 Å². The van der Waals surface area contributed by atoms with E-state index in [1.807, 2.05) is 21.1 Å². The number of hydrogen-bond acceptors (Lipinski definition) is 7. The molecule has 1 N–H and O–H groups in total. The van der Waals surface area contributed by atoms with Crippen molar-refractivity contribution >= 4 is 19.8 Å². The van der Waals surface area contributed by atoms with Crippen molar-refractivity contribution < 1.29 is 42.1 Å². The summed E-state index contributed by atoms with van der Waals surface area (Å²) in [5.41, 5.74) is 0. The van der Waals surface area contributed by atoms with Crippen LogP contribution < -0.4 is 0 Å². The Kier molecular flexibility index (Phi) is 45.9. The maximum Gasteiger partial charge on any atom is 0.472 e. The summed E-state index contributed by atoms with van der Waals surface area (Å²) < 4.78 is 34.5. The Labute approximate surface area is 396 Å². The second-order valence-corrected chi connectivity index (χ2v) is 21.4. The Morgan fingerprint density at radius 2 is 0.797 bits per heavy atom. The predicted molar refractivity (Wildman–Crippen MR) is 271 cm³/mol. The van der Waals surface area contributed by atoms with Crippen LogP contribution in [0.3, 0.4) is 0 Å². The van der Waals surface area contributed by atoms with E-state index in [0.717, 1.165) is 44.9 Å². The van der Waals surface area contributed by atoms with E-state index in [-0.39, 0.29) is 25.6 Å². The van der Waals surface area contributed by atoms with Gasteiger partial charge >= 0.3 is 19.8 Å². The lowest BCUT2D eigenvalue weighted by atomic mass is 10.0. The molecule has 10 heteroatoms. The zero-order valence-corrected chi connectivity index (χ0v) is 43.9. The highest BCUT2D eigenvalue weighted by Gasteiger charge is 2.27. The summed E-state index contributed by atoms with van der Waals surface area (Å²) in [5, 5.41) is 0. The standard InChI is InChI=1S/C54H106NO8P/c1-6-8-10-12-14-16-18-20-22-24-25-26-27-28-29-31-32-34-36-38-40-42-44-46-53(56)60-50-52(51-62-64(58,59)61-49-48-55(3,4)5)63-54(57)47-45-43-41-39-37-35-33-30-23-21-19-17-15-13-11-9-7-2/h21,23,52H,6-20,22,24-51H2,1-5H3/p+1/b23-21+/t52-/m0/s1. The van der Waals surface area contributed by atoms with E-state index >= 15 is 0 Å². The number of likely N-dealkylation sites (N-methyl/N-ethyl adjacent to an activating group) is 1.